The van der Waals surface area contributed by atoms with Crippen molar-refractivity contribution in [3.8, 4) is 0 Å². The van der Waals surface area contributed by atoms with E-state index in [0.29, 0.717) is 36.0 Å². The van der Waals surface area contributed by atoms with Crippen LogP contribution in [0.1, 0.15) is 23.5 Å². The third kappa shape index (κ3) is 3.92. The fourth-order valence-electron chi connectivity index (χ4n) is 3.21. The highest BCUT2D eigenvalue weighted by molar-refractivity contribution is 6.35. The van der Waals surface area contributed by atoms with Crippen molar-refractivity contribution >= 4 is 29.1 Å². The van der Waals surface area contributed by atoms with Gasteiger partial charge in [0.25, 0.3) is 0 Å². The lowest BCUT2D eigenvalue weighted by Crippen LogP contribution is -2.32. The lowest BCUT2D eigenvalue weighted by atomic mass is 9.95. The number of aryl methyl sites for hydroxylation is 1. The van der Waals surface area contributed by atoms with E-state index >= 15 is 0 Å². The minimum atomic E-state index is -0.0181. The van der Waals surface area contributed by atoms with Crippen LogP contribution in [0, 0.1) is 0 Å². The topological polar surface area (TPSA) is 46.3 Å². The summed E-state index contributed by atoms with van der Waals surface area (Å²) in [6.45, 7) is 1.28. The van der Waals surface area contributed by atoms with Crippen molar-refractivity contribution in [3.63, 3.8) is 0 Å². The van der Waals surface area contributed by atoms with E-state index in [2.05, 4.69) is 12.1 Å². The van der Waals surface area contributed by atoms with Gasteiger partial charge in [-0.3, -0.25) is 4.79 Å². The van der Waals surface area contributed by atoms with Crippen LogP contribution in [0.4, 0.5) is 0 Å². The Morgan fingerprint density at radius 2 is 1.88 bits per heavy atom. The summed E-state index contributed by atoms with van der Waals surface area (Å²) in [6.07, 6.45) is 1.03. The van der Waals surface area contributed by atoms with Gasteiger partial charge in [-0.15, -0.1) is 0 Å². The van der Waals surface area contributed by atoms with Crippen molar-refractivity contribution in [1.29, 1.82) is 0 Å². The third-order valence-electron chi connectivity index (χ3n) is 4.57. The van der Waals surface area contributed by atoms with Gasteiger partial charge in [-0.25, -0.2) is 0 Å². The molecule has 1 aliphatic heterocycles. The van der Waals surface area contributed by atoms with E-state index in [4.69, 9.17) is 28.9 Å². The Morgan fingerprint density at radius 3 is 2.58 bits per heavy atom. The molecule has 2 aromatic rings. The van der Waals surface area contributed by atoms with Gasteiger partial charge in [-0.1, -0.05) is 59.6 Å². The summed E-state index contributed by atoms with van der Waals surface area (Å²) in [7, 11) is 0. The number of carbonyl (C=O) groups is 1. The minimum absolute atomic E-state index is 0.0181. The first kappa shape index (κ1) is 17.3. The molecule has 1 aliphatic rings. The van der Waals surface area contributed by atoms with Gasteiger partial charge in [-0.05, 0) is 29.7 Å². The molecule has 126 valence electrons. The summed E-state index contributed by atoms with van der Waals surface area (Å²) in [5.41, 5.74) is 8.40. The second-order valence-corrected chi connectivity index (χ2v) is 7.06. The molecule has 0 bridgehead atoms. The van der Waals surface area contributed by atoms with Gasteiger partial charge in [-0.2, -0.15) is 0 Å². The summed E-state index contributed by atoms with van der Waals surface area (Å²) in [4.78, 5) is 14.4. The van der Waals surface area contributed by atoms with E-state index in [1.165, 1.54) is 5.56 Å². The molecule has 2 atom stereocenters. The number of hydrogen-bond donors (Lipinski definition) is 1. The van der Waals surface area contributed by atoms with Crippen molar-refractivity contribution < 1.29 is 4.79 Å². The highest BCUT2D eigenvalue weighted by atomic mass is 35.5. The van der Waals surface area contributed by atoms with Crippen molar-refractivity contribution in [2.24, 2.45) is 5.73 Å². The number of rotatable bonds is 4. The van der Waals surface area contributed by atoms with Gasteiger partial charge in [0.1, 0.15) is 0 Å². The quantitative estimate of drug-likeness (QED) is 0.896. The Hall–Kier alpha value is -1.55. The molecular weight excluding hydrogens is 343 g/mol. The molecule has 3 rings (SSSR count). The number of hydrogen-bond acceptors (Lipinski definition) is 2. The molecule has 0 spiro atoms. The Bertz CT molecular complexity index is 721. The average molecular weight is 363 g/mol. The molecule has 0 unspecified atom stereocenters. The van der Waals surface area contributed by atoms with E-state index in [1.807, 2.05) is 29.2 Å². The largest absolute Gasteiger partial charge is 0.340 e. The predicted molar refractivity (Wildman–Crippen MR) is 98.5 cm³/mol. The molecule has 1 amide bonds. The number of amides is 1. The van der Waals surface area contributed by atoms with Crippen LogP contribution in [-0.2, 0) is 11.2 Å². The van der Waals surface area contributed by atoms with Crippen LogP contribution in [0.5, 0.6) is 0 Å². The Kier molecular flexibility index (Phi) is 5.44. The van der Waals surface area contributed by atoms with Crippen LogP contribution < -0.4 is 5.73 Å². The Morgan fingerprint density at radius 1 is 1.12 bits per heavy atom. The fourth-order valence-corrected chi connectivity index (χ4v) is 3.71. The molecule has 2 N–H and O–H groups in total. The molecule has 0 radical (unpaired) electrons. The second kappa shape index (κ2) is 7.56. The van der Waals surface area contributed by atoms with Gasteiger partial charge in [0, 0.05) is 41.5 Å². The molecular formula is C19H20Cl2N2O. The first-order valence-corrected chi connectivity index (χ1v) is 8.82. The standard InChI is InChI=1S/C19H20Cl2N2O/c20-15-8-6-14(17(21)10-15)7-9-19(24)23-11-16(18(22)12-23)13-4-2-1-3-5-13/h1-6,8,10,16,18H,7,9,11-12,22H2/t16-,18+/m0/s1. The number of benzene rings is 2. The third-order valence-corrected chi connectivity index (χ3v) is 5.16. The van der Waals surface area contributed by atoms with Gasteiger partial charge < -0.3 is 10.6 Å². The lowest BCUT2D eigenvalue weighted by Gasteiger charge is -2.17. The SMILES string of the molecule is N[C@@H]1CN(C(=O)CCc2ccc(Cl)cc2Cl)C[C@H]1c1ccccc1. The first-order valence-electron chi connectivity index (χ1n) is 8.07. The molecule has 24 heavy (non-hydrogen) atoms. The van der Waals surface area contributed by atoms with Crippen molar-refractivity contribution in [3.05, 3.63) is 69.7 Å². The summed E-state index contributed by atoms with van der Waals surface area (Å²) in [5, 5.41) is 1.21. The molecule has 1 fully saturated rings. The van der Waals surface area contributed by atoms with E-state index in [9.17, 15) is 4.79 Å². The first-order chi connectivity index (χ1) is 11.5. The smallest absolute Gasteiger partial charge is 0.222 e. The minimum Gasteiger partial charge on any atom is -0.340 e. The van der Waals surface area contributed by atoms with Crippen LogP contribution in [0.2, 0.25) is 10.0 Å². The number of likely N-dealkylation sites (tertiary alicyclic amines) is 1. The van der Waals surface area contributed by atoms with E-state index in [1.54, 1.807) is 12.1 Å². The molecule has 2 aromatic carbocycles. The Labute approximate surface area is 152 Å². The lowest BCUT2D eigenvalue weighted by molar-refractivity contribution is -0.130. The summed E-state index contributed by atoms with van der Waals surface area (Å²) >= 11 is 12.1. The maximum Gasteiger partial charge on any atom is 0.222 e. The van der Waals surface area contributed by atoms with Gasteiger partial charge in [0.15, 0.2) is 0 Å². The van der Waals surface area contributed by atoms with Crippen LogP contribution in [-0.4, -0.2) is 29.9 Å². The molecule has 3 nitrogen and oxygen atoms in total. The number of halogens is 2. The van der Waals surface area contributed by atoms with Crippen LogP contribution >= 0.6 is 23.2 Å². The summed E-state index contributed by atoms with van der Waals surface area (Å²) in [5.74, 6) is 0.323. The molecule has 0 aromatic heterocycles. The zero-order valence-corrected chi connectivity index (χ0v) is 14.8. The number of nitrogens with two attached hydrogens (primary N) is 1. The van der Waals surface area contributed by atoms with E-state index in [0.717, 1.165) is 5.56 Å². The van der Waals surface area contributed by atoms with E-state index in [-0.39, 0.29) is 17.9 Å². The molecule has 5 heteroatoms. The Balaban J connectivity index is 1.60. The summed E-state index contributed by atoms with van der Waals surface area (Å²) < 4.78 is 0. The number of carbonyl (C=O) groups excluding carboxylic acids is 1. The summed E-state index contributed by atoms with van der Waals surface area (Å²) in [6, 6.07) is 15.5. The highest BCUT2D eigenvalue weighted by Gasteiger charge is 2.33. The zero-order chi connectivity index (χ0) is 17.1. The van der Waals surface area contributed by atoms with Crippen LogP contribution in [0.3, 0.4) is 0 Å². The predicted octanol–water partition coefficient (Wildman–Crippen LogP) is 3.88. The number of nitrogens with zero attached hydrogens (tertiary/aromatic N) is 1. The maximum atomic E-state index is 12.5. The van der Waals surface area contributed by atoms with Crippen LogP contribution in [0.25, 0.3) is 0 Å². The van der Waals surface area contributed by atoms with Crippen molar-refractivity contribution in [2.45, 2.75) is 24.8 Å². The average Bonchev–Trinajstić information content (AvgIpc) is 2.96. The maximum absolute atomic E-state index is 12.5. The normalized spacial score (nSPS) is 20.4. The van der Waals surface area contributed by atoms with Crippen LogP contribution in [0.15, 0.2) is 48.5 Å². The molecule has 0 saturated carbocycles. The van der Waals surface area contributed by atoms with E-state index < -0.39 is 0 Å². The molecule has 0 aliphatic carbocycles. The van der Waals surface area contributed by atoms with Gasteiger partial charge in [0.2, 0.25) is 5.91 Å². The monoisotopic (exact) mass is 362 g/mol. The van der Waals surface area contributed by atoms with Gasteiger partial charge >= 0.3 is 0 Å². The molecule has 1 saturated heterocycles. The van der Waals surface area contributed by atoms with Gasteiger partial charge in [0.05, 0.1) is 0 Å². The fraction of sp³-hybridized carbons (Fsp3) is 0.316. The van der Waals surface area contributed by atoms with Crippen molar-refractivity contribution in [2.75, 3.05) is 13.1 Å². The highest BCUT2D eigenvalue weighted by Crippen LogP contribution is 2.27. The molecule has 1 heterocycles. The second-order valence-electron chi connectivity index (χ2n) is 6.22. The zero-order valence-electron chi connectivity index (χ0n) is 13.3. The van der Waals surface area contributed by atoms with Crippen molar-refractivity contribution in [1.82, 2.24) is 4.90 Å².